The minimum Gasteiger partial charge on any atom is -0.392 e. The summed E-state index contributed by atoms with van der Waals surface area (Å²) in [5.74, 6) is -0.133. The maximum Gasteiger partial charge on any atom is 0.233 e. The number of aliphatic hydroxyl groups excluding tert-OH is 1. The summed E-state index contributed by atoms with van der Waals surface area (Å²) in [6.45, 7) is 2.27. The molecule has 3 aliphatic rings. The van der Waals surface area contributed by atoms with E-state index < -0.39 is 5.41 Å². The van der Waals surface area contributed by atoms with Crippen LogP contribution in [0.15, 0.2) is 24.3 Å². The number of hydrogen-bond acceptors (Lipinski definition) is 4. The average molecular weight is 362 g/mol. The van der Waals surface area contributed by atoms with Gasteiger partial charge >= 0.3 is 0 Å². The lowest BCUT2D eigenvalue weighted by atomic mass is 9.58. The zero-order valence-electron chi connectivity index (χ0n) is 15.0. The monoisotopic (exact) mass is 362 g/mol. The van der Waals surface area contributed by atoms with Gasteiger partial charge < -0.3 is 20.5 Å². The Balaban J connectivity index is 1.42. The lowest BCUT2D eigenvalue weighted by molar-refractivity contribution is -0.210. The lowest BCUT2D eigenvalue weighted by Gasteiger charge is -2.56. The average Bonchev–Trinajstić information content (AvgIpc) is 3.47. The van der Waals surface area contributed by atoms with Crippen LogP contribution in [0.2, 0.25) is 0 Å². The molecule has 5 nitrogen and oxygen atoms in total. The van der Waals surface area contributed by atoms with Crippen LogP contribution in [-0.2, 0) is 14.9 Å². The van der Waals surface area contributed by atoms with Crippen LogP contribution in [0.1, 0.15) is 37.7 Å². The van der Waals surface area contributed by atoms with E-state index in [2.05, 4.69) is 0 Å². The molecular formula is C20H27FN2O3. The first kappa shape index (κ1) is 17.9. The molecule has 1 aromatic rings. The van der Waals surface area contributed by atoms with Gasteiger partial charge in [-0.05, 0) is 43.4 Å². The molecule has 1 spiro atoms. The Morgan fingerprint density at radius 3 is 2.42 bits per heavy atom. The van der Waals surface area contributed by atoms with E-state index in [-0.39, 0.29) is 29.3 Å². The maximum absolute atomic E-state index is 13.2. The molecule has 142 valence electrons. The molecule has 0 radical (unpaired) electrons. The van der Waals surface area contributed by atoms with Gasteiger partial charge in [-0.25, -0.2) is 4.39 Å². The van der Waals surface area contributed by atoms with E-state index in [1.54, 1.807) is 12.1 Å². The predicted molar refractivity (Wildman–Crippen MR) is 95.0 cm³/mol. The first-order valence-corrected chi connectivity index (χ1v) is 9.57. The summed E-state index contributed by atoms with van der Waals surface area (Å²) >= 11 is 0. The Bertz CT molecular complexity index is 666. The summed E-state index contributed by atoms with van der Waals surface area (Å²) in [5, 5.41) is 10.3. The number of piperidine rings is 1. The number of rotatable bonds is 5. The molecule has 2 saturated carbocycles. The van der Waals surface area contributed by atoms with Crippen LogP contribution in [0, 0.1) is 11.2 Å². The molecule has 0 bridgehead atoms. The van der Waals surface area contributed by atoms with E-state index in [0.29, 0.717) is 32.7 Å². The molecule has 1 amide bonds. The molecule has 2 atom stereocenters. The molecule has 4 rings (SSSR count). The van der Waals surface area contributed by atoms with Crippen molar-refractivity contribution in [3.05, 3.63) is 35.6 Å². The Morgan fingerprint density at radius 1 is 1.23 bits per heavy atom. The van der Waals surface area contributed by atoms with Crippen molar-refractivity contribution in [3.8, 4) is 0 Å². The highest BCUT2D eigenvalue weighted by molar-refractivity contribution is 5.91. The molecule has 0 aromatic heterocycles. The Kier molecular flexibility index (Phi) is 4.53. The predicted octanol–water partition coefficient (Wildman–Crippen LogP) is 1.57. The molecule has 1 aromatic carbocycles. The van der Waals surface area contributed by atoms with Crippen LogP contribution in [0.3, 0.4) is 0 Å². The molecule has 3 fully saturated rings. The zero-order chi connectivity index (χ0) is 18.4. The van der Waals surface area contributed by atoms with Crippen molar-refractivity contribution in [2.24, 2.45) is 11.1 Å². The minimum atomic E-state index is -0.466. The SMILES string of the molecule is NCCO[C@H]1C[C@@H](O)C12CCN(C(=O)C1(c3ccc(F)cc3)CC1)CC2. The highest BCUT2D eigenvalue weighted by atomic mass is 19.1. The number of nitrogens with zero attached hydrogens (tertiary/aromatic N) is 1. The van der Waals surface area contributed by atoms with Gasteiger partial charge in [-0.1, -0.05) is 12.1 Å². The standard InChI is InChI=1S/C20H27FN2O3/c21-15-3-1-14(2-4-15)19(5-6-19)18(25)23-10-7-20(8-11-23)16(24)13-17(20)26-12-9-22/h1-4,16-17,24H,5-13,22H2/t16-,17+/m1/s1. The summed E-state index contributed by atoms with van der Waals surface area (Å²) in [7, 11) is 0. The van der Waals surface area contributed by atoms with Crippen molar-refractivity contribution in [2.45, 2.75) is 49.7 Å². The second kappa shape index (κ2) is 6.59. The molecule has 2 aliphatic carbocycles. The largest absolute Gasteiger partial charge is 0.392 e. The van der Waals surface area contributed by atoms with Gasteiger partial charge in [0.25, 0.3) is 0 Å². The van der Waals surface area contributed by atoms with Crippen molar-refractivity contribution in [1.82, 2.24) is 4.90 Å². The summed E-state index contributed by atoms with van der Waals surface area (Å²) in [5.41, 5.74) is 5.75. The van der Waals surface area contributed by atoms with Gasteiger partial charge in [-0.3, -0.25) is 4.79 Å². The highest BCUT2D eigenvalue weighted by Crippen LogP contribution is 2.53. The molecule has 6 heteroatoms. The summed E-state index contributed by atoms with van der Waals surface area (Å²) in [4.78, 5) is 15.1. The van der Waals surface area contributed by atoms with E-state index in [9.17, 15) is 14.3 Å². The fourth-order valence-electron chi connectivity index (χ4n) is 4.77. The van der Waals surface area contributed by atoms with E-state index in [0.717, 1.165) is 31.2 Å². The third kappa shape index (κ3) is 2.75. The minimum absolute atomic E-state index is 0.0466. The first-order chi connectivity index (χ1) is 12.5. The second-order valence-corrected chi connectivity index (χ2v) is 8.01. The number of benzene rings is 1. The number of halogens is 1. The second-order valence-electron chi connectivity index (χ2n) is 8.01. The number of likely N-dealkylation sites (tertiary alicyclic amines) is 1. The van der Waals surface area contributed by atoms with Crippen LogP contribution >= 0.6 is 0 Å². The van der Waals surface area contributed by atoms with Crippen molar-refractivity contribution >= 4 is 5.91 Å². The van der Waals surface area contributed by atoms with Gasteiger partial charge in [0.2, 0.25) is 5.91 Å². The van der Waals surface area contributed by atoms with Crippen molar-refractivity contribution in [1.29, 1.82) is 0 Å². The number of amides is 1. The van der Waals surface area contributed by atoms with Crippen LogP contribution in [0.5, 0.6) is 0 Å². The fourth-order valence-corrected chi connectivity index (χ4v) is 4.77. The molecule has 26 heavy (non-hydrogen) atoms. The highest BCUT2D eigenvalue weighted by Gasteiger charge is 2.58. The number of nitrogens with two attached hydrogens (primary N) is 1. The van der Waals surface area contributed by atoms with Crippen LogP contribution in [-0.4, -0.2) is 54.4 Å². The van der Waals surface area contributed by atoms with Gasteiger partial charge in [0, 0.05) is 31.5 Å². The number of aliphatic hydroxyl groups is 1. The molecule has 3 N–H and O–H groups in total. The Hall–Kier alpha value is -1.50. The molecular weight excluding hydrogens is 335 g/mol. The van der Waals surface area contributed by atoms with Crippen LogP contribution < -0.4 is 5.73 Å². The number of carbonyl (C=O) groups is 1. The van der Waals surface area contributed by atoms with E-state index >= 15 is 0 Å². The number of hydrogen-bond donors (Lipinski definition) is 2. The molecule has 1 saturated heterocycles. The normalized spacial score (nSPS) is 28.7. The molecule has 0 unspecified atom stereocenters. The third-order valence-corrected chi connectivity index (χ3v) is 6.72. The Morgan fingerprint density at radius 2 is 1.88 bits per heavy atom. The molecule has 1 aliphatic heterocycles. The number of ether oxygens (including phenoxy) is 1. The molecule has 1 heterocycles. The van der Waals surface area contributed by atoms with Gasteiger partial charge in [0.15, 0.2) is 0 Å². The fraction of sp³-hybridized carbons (Fsp3) is 0.650. The zero-order valence-corrected chi connectivity index (χ0v) is 15.0. The van der Waals surface area contributed by atoms with Crippen molar-refractivity contribution in [2.75, 3.05) is 26.2 Å². The lowest BCUT2D eigenvalue weighted by Crippen LogP contribution is -2.63. The topological polar surface area (TPSA) is 75.8 Å². The van der Waals surface area contributed by atoms with Gasteiger partial charge in [0.1, 0.15) is 5.82 Å². The van der Waals surface area contributed by atoms with Gasteiger partial charge in [0.05, 0.1) is 24.2 Å². The van der Waals surface area contributed by atoms with E-state index in [1.807, 2.05) is 4.90 Å². The summed E-state index contributed by atoms with van der Waals surface area (Å²) < 4.78 is 19.0. The van der Waals surface area contributed by atoms with E-state index in [4.69, 9.17) is 10.5 Å². The quantitative estimate of drug-likeness (QED) is 0.834. The Labute approximate surface area is 153 Å². The maximum atomic E-state index is 13.2. The van der Waals surface area contributed by atoms with Gasteiger partial charge in [-0.2, -0.15) is 0 Å². The third-order valence-electron chi connectivity index (χ3n) is 6.72. The van der Waals surface area contributed by atoms with Crippen LogP contribution in [0.25, 0.3) is 0 Å². The summed E-state index contributed by atoms with van der Waals surface area (Å²) in [6.07, 6.45) is 3.52. The number of carbonyl (C=O) groups excluding carboxylic acids is 1. The smallest absolute Gasteiger partial charge is 0.233 e. The van der Waals surface area contributed by atoms with Crippen molar-refractivity contribution in [3.63, 3.8) is 0 Å². The van der Waals surface area contributed by atoms with Gasteiger partial charge in [-0.15, -0.1) is 0 Å². The van der Waals surface area contributed by atoms with Crippen molar-refractivity contribution < 1.29 is 19.0 Å². The van der Waals surface area contributed by atoms with E-state index in [1.165, 1.54) is 12.1 Å². The first-order valence-electron chi connectivity index (χ1n) is 9.57. The summed E-state index contributed by atoms with van der Waals surface area (Å²) in [6, 6.07) is 6.33. The van der Waals surface area contributed by atoms with Crippen LogP contribution in [0.4, 0.5) is 4.39 Å².